The van der Waals surface area contributed by atoms with Gasteiger partial charge in [0.2, 0.25) is 0 Å². The van der Waals surface area contributed by atoms with Gasteiger partial charge in [0.25, 0.3) is 11.8 Å². The maximum atomic E-state index is 13.4. The molecule has 0 spiro atoms. The Morgan fingerprint density at radius 1 is 0.935 bits per heavy atom. The summed E-state index contributed by atoms with van der Waals surface area (Å²) in [5.41, 5.74) is 2.68. The molecular formula is C24H19Cl2N3O2. The van der Waals surface area contributed by atoms with E-state index >= 15 is 0 Å². The Morgan fingerprint density at radius 2 is 1.68 bits per heavy atom. The summed E-state index contributed by atoms with van der Waals surface area (Å²) in [7, 11) is 1.79. The number of likely N-dealkylation sites (N-methyl/N-ethyl adjacent to an activating group) is 1. The maximum absolute atomic E-state index is 13.4. The highest BCUT2D eigenvalue weighted by atomic mass is 35.5. The van der Waals surface area contributed by atoms with Crippen molar-refractivity contribution in [3.05, 3.63) is 105 Å². The van der Waals surface area contributed by atoms with E-state index in [2.05, 4.69) is 4.98 Å². The van der Waals surface area contributed by atoms with E-state index in [1.807, 2.05) is 36.4 Å². The van der Waals surface area contributed by atoms with Crippen LogP contribution in [0.4, 0.5) is 0 Å². The van der Waals surface area contributed by atoms with Crippen molar-refractivity contribution >= 4 is 40.6 Å². The van der Waals surface area contributed by atoms with Gasteiger partial charge in [0.15, 0.2) is 0 Å². The minimum Gasteiger partial charge on any atom is -0.365 e. The van der Waals surface area contributed by atoms with Crippen LogP contribution in [-0.4, -0.2) is 33.6 Å². The average molecular weight is 452 g/mol. The van der Waals surface area contributed by atoms with E-state index in [9.17, 15) is 9.59 Å². The van der Waals surface area contributed by atoms with E-state index in [1.165, 1.54) is 4.90 Å². The molecule has 3 aromatic rings. The van der Waals surface area contributed by atoms with Crippen LogP contribution in [0, 0.1) is 0 Å². The molecule has 0 unspecified atom stereocenters. The Bertz CT molecular complexity index is 1160. The number of nitrogens with zero attached hydrogens (tertiary/aromatic N) is 3. The largest absolute Gasteiger partial charge is 0.365 e. The molecular weight excluding hydrogens is 433 g/mol. The zero-order valence-electron chi connectivity index (χ0n) is 16.8. The van der Waals surface area contributed by atoms with Crippen molar-refractivity contribution in [1.82, 2.24) is 14.8 Å². The highest BCUT2D eigenvalue weighted by Gasteiger charge is 2.41. The molecule has 0 fully saturated rings. The molecule has 0 atom stereocenters. The molecule has 0 saturated carbocycles. The van der Waals surface area contributed by atoms with E-state index in [0.29, 0.717) is 33.5 Å². The van der Waals surface area contributed by atoms with E-state index in [-0.39, 0.29) is 18.0 Å². The van der Waals surface area contributed by atoms with Crippen molar-refractivity contribution < 1.29 is 9.59 Å². The number of hydrogen-bond acceptors (Lipinski definition) is 4. The summed E-state index contributed by atoms with van der Waals surface area (Å²) >= 11 is 12.5. The summed E-state index contributed by atoms with van der Waals surface area (Å²) in [6, 6.07) is 20.0. The molecule has 0 N–H and O–H groups in total. The molecule has 0 aliphatic carbocycles. The van der Waals surface area contributed by atoms with Crippen LogP contribution in [0.2, 0.25) is 10.0 Å². The summed E-state index contributed by atoms with van der Waals surface area (Å²) in [4.78, 5) is 34.1. The predicted molar refractivity (Wildman–Crippen MR) is 121 cm³/mol. The third-order valence-corrected chi connectivity index (χ3v) is 5.58. The summed E-state index contributed by atoms with van der Waals surface area (Å²) in [5.74, 6) is -0.787. The topological polar surface area (TPSA) is 53.5 Å². The summed E-state index contributed by atoms with van der Waals surface area (Å²) < 4.78 is 0. The Hall–Kier alpha value is -3.15. The van der Waals surface area contributed by atoms with E-state index in [0.717, 1.165) is 5.56 Å². The smallest absolute Gasteiger partial charge is 0.278 e. The number of pyridine rings is 1. The van der Waals surface area contributed by atoms with Crippen molar-refractivity contribution in [3.8, 4) is 0 Å². The number of halogens is 2. The molecule has 2 heterocycles. The third kappa shape index (κ3) is 4.33. The van der Waals surface area contributed by atoms with Crippen LogP contribution in [0.1, 0.15) is 16.8 Å². The first kappa shape index (κ1) is 21.1. The predicted octanol–water partition coefficient (Wildman–Crippen LogP) is 4.80. The molecule has 2 amide bonds. The number of imide groups is 1. The molecule has 0 saturated heterocycles. The van der Waals surface area contributed by atoms with Crippen LogP contribution in [0.5, 0.6) is 0 Å². The van der Waals surface area contributed by atoms with Crippen molar-refractivity contribution in [2.24, 2.45) is 0 Å². The van der Waals surface area contributed by atoms with Crippen LogP contribution in [0.15, 0.2) is 78.6 Å². The van der Waals surface area contributed by atoms with Gasteiger partial charge in [-0.2, -0.15) is 0 Å². The Morgan fingerprint density at radius 3 is 2.35 bits per heavy atom. The standard InChI is InChI=1S/C24H19Cl2N3O2/c1-28(14-16-7-3-2-4-8-16)22-21(19-11-10-17(25)13-20(19)26)23(30)29(24(22)31)15-18-9-5-6-12-27-18/h2-13H,14-15H2,1H3. The fourth-order valence-corrected chi connectivity index (χ4v) is 4.09. The monoisotopic (exact) mass is 451 g/mol. The first-order valence-corrected chi connectivity index (χ1v) is 10.4. The summed E-state index contributed by atoms with van der Waals surface area (Å²) in [6.45, 7) is 0.539. The Balaban J connectivity index is 1.77. The van der Waals surface area contributed by atoms with Gasteiger partial charge in [-0.15, -0.1) is 0 Å². The van der Waals surface area contributed by atoms with Crippen LogP contribution in [0.3, 0.4) is 0 Å². The summed E-state index contributed by atoms with van der Waals surface area (Å²) in [5, 5.41) is 0.768. The molecule has 1 aliphatic heterocycles. The maximum Gasteiger partial charge on any atom is 0.278 e. The zero-order chi connectivity index (χ0) is 22.0. The molecule has 0 radical (unpaired) electrons. The number of aromatic nitrogens is 1. The van der Waals surface area contributed by atoms with Gasteiger partial charge < -0.3 is 4.90 Å². The van der Waals surface area contributed by atoms with Crippen molar-refractivity contribution in [2.75, 3.05) is 7.05 Å². The zero-order valence-corrected chi connectivity index (χ0v) is 18.3. The number of rotatable bonds is 6. The number of carbonyl (C=O) groups is 2. The number of hydrogen-bond donors (Lipinski definition) is 0. The number of benzene rings is 2. The molecule has 31 heavy (non-hydrogen) atoms. The first-order chi connectivity index (χ1) is 15.0. The second-order valence-corrected chi connectivity index (χ2v) is 8.05. The van der Waals surface area contributed by atoms with Gasteiger partial charge in [0.05, 0.1) is 22.8 Å². The van der Waals surface area contributed by atoms with Crippen LogP contribution >= 0.6 is 23.2 Å². The molecule has 2 aromatic carbocycles. The van der Waals surface area contributed by atoms with Gasteiger partial charge in [-0.05, 0) is 29.8 Å². The lowest BCUT2D eigenvalue weighted by Gasteiger charge is -2.21. The van der Waals surface area contributed by atoms with Gasteiger partial charge in [0, 0.05) is 30.4 Å². The number of carbonyl (C=O) groups excluding carboxylic acids is 2. The molecule has 5 nitrogen and oxygen atoms in total. The summed E-state index contributed by atoms with van der Waals surface area (Å²) in [6.07, 6.45) is 1.63. The van der Waals surface area contributed by atoms with E-state index < -0.39 is 5.91 Å². The Labute approximate surface area is 190 Å². The SMILES string of the molecule is CN(Cc1ccccc1)C1=C(c2ccc(Cl)cc2Cl)C(=O)N(Cc2ccccn2)C1=O. The lowest BCUT2D eigenvalue weighted by Crippen LogP contribution is -2.33. The van der Waals surface area contributed by atoms with Gasteiger partial charge in [-0.1, -0.05) is 65.7 Å². The Kier molecular flexibility index (Phi) is 6.07. The van der Waals surface area contributed by atoms with Gasteiger partial charge >= 0.3 is 0 Å². The molecule has 7 heteroatoms. The minimum absolute atomic E-state index is 0.0793. The fraction of sp³-hybridized carbons (Fsp3) is 0.125. The molecule has 4 rings (SSSR count). The van der Waals surface area contributed by atoms with Gasteiger partial charge in [-0.3, -0.25) is 19.5 Å². The lowest BCUT2D eigenvalue weighted by molar-refractivity contribution is -0.138. The van der Waals surface area contributed by atoms with Crippen molar-refractivity contribution in [1.29, 1.82) is 0 Å². The van der Waals surface area contributed by atoms with Crippen LogP contribution in [-0.2, 0) is 22.7 Å². The van der Waals surface area contributed by atoms with Crippen molar-refractivity contribution in [3.63, 3.8) is 0 Å². The quantitative estimate of drug-likeness (QED) is 0.505. The highest BCUT2D eigenvalue weighted by molar-refractivity contribution is 6.41. The minimum atomic E-state index is -0.408. The van der Waals surface area contributed by atoms with Gasteiger partial charge in [-0.25, -0.2) is 0 Å². The molecule has 156 valence electrons. The fourth-order valence-electron chi connectivity index (χ4n) is 3.59. The second-order valence-electron chi connectivity index (χ2n) is 7.21. The first-order valence-electron chi connectivity index (χ1n) is 9.66. The van der Waals surface area contributed by atoms with Gasteiger partial charge in [0.1, 0.15) is 5.70 Å². The number of amides is 2. The van der Waals surface area contributed by atoms with E-state index in [1.54, 1.807) is 48.5 Å². The molecule has 1 aliphatic rings. The van der Waals surface area contributed by atoms with E-state index in [4.69, 9.17) is 23.2 Å². The third-order valence-electron chi connectivity index (χ3n) is 5.03. The second kappa shape index (κ2) is 8.92. The highest BCUT2D eigenvalue weighted by Crippen LogP contribution is 2.36. The molecule has 0 bridgehead atoms. The van der Waals surface area contributed by atoms with Crippen LogP contribution < -0.4 is 0 Å². The average Bonchev–Trinajstić information content (AvgIpc) is 3.00. The lowest BCUT2D eigenvalue weighted by atomic mass is 10.0. The molecule has 1 aromatic heterocycles. The van der Waals surface area contributed by atoms with Crippen LogP contribution in [0.25, 0.3) is 5.57 Å². The normalized spacial score (nSPS) is 13.8. The van der Waals surface area contributed by atoms with Crippen molar-refractivity contribution in [2.45, 2.75) is 13.1 Å².